The average molecular weight is 361 g/mol. The first-order valence-electron chi connectivity index (χ1n) is 9.88. The van der Waals surface area contributed by atoms with Crippen molar-refractivity contribution in [3.05, 3.63) is 72.1 Å². The third kappa shape index (κ3) is 4.11. The van der Waals surface area contributed by atoms with Crippen LogP contribution in [0, 0.1) is 5.92 Å². The van der Waals surface area contributed by atoms with E-state index in [2.05, 4.69) is 21.3 Å². The van der Waals surface area contributed by atoms with Gasteiger partial charge in [-0.25, -0.2) is 0 Å². The van der Waals surface area contributed by atoms with E-state index >= 15 is 0 Å². The van der Waals surface area contributed by atoms with E-state index in [4.69, 9.17) is 0 Å². The second-order valence-corrected chi connectivity index (χ2v) is 7.73. The van der Waals surface area contributed by atoms with E-state index in [1.807, 2.05) is 55.7 Å². The van der Waals surface area contributed by atoms with Gasteiger partial charge in [0.1, 0.15) is 0 Å². The normalized spacial score (nSPS) is 27.4. The van der Waals surface area contributed by atoms with Crippen LogP contribution in [0.4, 0.5) is 0 Å². The van der Waals surface area contributed by atoms with Gasteiger partial charge in [-0.1, -0.05) is 36.4 Å². The van der Waals surface area contributed by atoms with E-state index in [1.54, 1.807) is 6.08 Å². The van der Waals surface area contributed by atoms with Crippen LogP contribution < -0.4 is 5.32 Å². The summed E-state index contributed by atoms with van der Waals surface area (Å²) in [5.74, 6) is 0.595. The lowest BCUT2D eigenvalue weighted by atomic mass is 9.76. The summed E-state index contributed by atoms with van der Waals surface area (Å²) in [7, 11) is 0. The molecule has 1 aromatic carbocycles. The summed E-state index contributed by atoms with van der Waals surface area (Å²) in [6.45, 7) is 4.28. The van der Waals surface area contributed by atoms with Crippen molar-refractivity contribution in [1.29, 1.82) is 0 Å². The molecule has 4 nitrogen and oxygen atoms in total. The minimum atomic E-state index is 0.0197. The summed E-state index contributed by atoms with van der Waals surface area (Å²) in [6.07, 6.45) is 8.80. The number of pyridine rings is 1. The summed E-state index contributed by atoms with van der Waals surface area (Å²) < 4.78 is 0. The molecule has 27 heavy (non-hydrogen) atoms. The van der Waals surface area contributed by atoms with Gasteiger partial charge in [0.05, 0.1) is 0 Å². The molecule has 3 aliphatic rings. The van der Waals surface area contributed by atoms with E-state index in [-0.39, 0.29) is 11.9 Å². The predicted molar refractivity (Wildman–Crippen MR) is 108 cm³/mol. The third-order valence-electron chi connectivity index (χ3n) is 6.02. The number of rotatable bonds is 5. The molecule has 1 aromatic heterocycles. The lowest BCUT2D eigenvalue weighted by molar-refractivity contribution is -0.119. The van der Waals surface area contributed by atoms with E-state index in [1.165, 1.54) is 18.4 Å². The lowest BCUT2D eigenvalue weighted by Gasteiger charge is -2.51. The minimum absolute atomic E-state index is 0.0197. The third-order valence-corrected chi connectivity index (χ3v) is 6.02. The first-order valence-corrected chi connectivity index (χ1v) is 9.88. The van der Waals surface area contributed by atoms with E-state index in [0.29, 0.717) is 12.0 Å². The monoisotopic (exact) mass is 361 g/mol. The van der Waals surface area contributed by atoms with Crippen LogP contribution in [-0.2, 0) is 11.2 Å². The van der Waals surface area contributed by atoms with E-state index < -0.39 is 0 Å². The Balaban J connectivity index is 1.49. The fourth-order valence-corrected chi connectivity index (χ4v) is 4.57. The molecule has 3 aliphatic heterocycles. The fourth-order valence-electron chi connectivity index (χ4n) is 4.57. The molecule has 1 N–H and O–H groups in total. The molecule has 0 saturated carbocycles. The number of amides is 1. The van der Waals surface area contributed by atoms with Crippen molar-refractivity contribution in [3.8, 4) is 0 Å². The number of allylic oxidation sites excluding steroid dienone is 1. The van der Waals surface area contributed by atoms with Gasteiger partial charge in [0.2, 0.25) is 5.91 Å². The van der Waals surface area contributed by atoms with Crippen LogP contribution in [0.5, 0.6) is 0 Å². The first-order chi connectivity index (χ1) is 13.2. The lowest BCUT2D eigenvalue weighted by Crippen LogP contribution is -2.64. The van der Waals surface area contributed by atoms with Crippen LogP contribution in [-0.4, -0.2) is 41.0 Å². The summed E-state index contributed by atoms with van der Waals surface area (Å²) >= 11 is 0. The molecule has 2 atom stereocenters. The van der Waals surface area contributed by atoms with E-state index in [0.717, 1.165) is 30.6 Å². The van der Waals surface area contributed by atoms with Gasteiger partial charge in [-0.3, -0.25) is 14.7 Å². The maximum atomic E-state index is 12.8. The van der Waals surface area contributed by atoms with Crippen molar-refractivity contribution in [1.82, 2.24) is 15.2 Å². The van der Waals surface area contributed by atoms with Crippen LogP contribution in [0.1, 0.15) is 30.9 Å². The van der Waals surface area contributed by atoms with Gasteiger partial charge in [0.25, 0.3) is 0 Å². The zero-order chi connectivity index (χ0) is 18.6. The standard InChI is InChI=1S/C23H27N3O/c1-17(19-7-3-2-4-8-19)14-22(27)25-23-20-9-12-26(13-10-20)21(23)15-18-6-5-11-24-16-18/h2-8,11,14,16,20-21,23H,9-10,12-13,15H2,1H3,(H,25,27)/b17-14+. The maximum Gasteiger partial charge on any atom is 0.244 e. The molecular formula is C23H27N3O. The molecule has 0 spiro atoms. The van der Waals surface area contributed by atoms with Crippen LogP contribution in [0.25, 0.3) is 5.57 Å². The fraction of sp³-hybridized carbons (Fsp3) is 0.391. The highest BCUT2D eigenvalue weighted by molar-refractivity contribution is 5.95. The Morgan fingerprint density at radius 1 is 1.19 bits per heavy atom. The quantitative estimate of drug-likeness (QED) is 0.831. The summed E-state index contributed by atoms with van der Waals surface area (Å²) in [6, 6.07) is 14.8. The zero-order valence-corrected chi connectivity index (χ0v) is 15.8. The predicted octanol–water partition coefficient (Wildman–Crippen LogP) is 3.31. The zero-order valence-electron chi connectivity index (χ0n) is 15.8. The summed E-state index contributed by atoms with van der Waals surface area (Å²) in [5.41, 5.74) is 3.33. The molecule has 1 amide bonds. The number of aromatic nitrogens is 1. The highest BCUT2D eigenvalue weighted by atomic mass is 16.1. The summed E-state index contributed by atoms with van der Waals surface area (Å²) in [5, 5.41) is 3.34. The largest absolute Gasteiger partial charge is 0.348 e. The molecular weight excluding hydrogens is 334 g/mol. The second-order valence-electron chi connectivity index (χ2n) is 7.73. The van der Waals surface area contributed by atoms with Gasteiger partial charge in [-0.15, -0.1) is 0 Å². The molecule has 5 rings (SSSR count). The highest BCUT2D eigenvalue weighted by Gasteiger charge is 2.42. The minimum Gasteiger partial charge on any atom is -0.348 e. The average Bonchev–Trinajstić information content (AvgIpc) is 2.72. The van der Waals surface area contributed by atoms with Crippen molar-refractivity contribution in [2.24, 2.45) is 5.92 Å². The number of carbonyl (C=O) groups is 1. The van der Waals surface area contributed by atoms with Crippen LogP contribution >= 0.6 is 0 Å². The van der Waals surface area contributed by atoms with Crippen molar-refractivity contribution in [3.63, 3.8) is 0 Å². The SMILES string of the molecule is C/C(=C\C(=O)NC1C2CCN(CC2)C1Cc1cccnc1)c1ccccc1. The molecule has 3 saturated heterocycles. The number of piperidine rings is 3. The number of fused-ring (bicyclic) bond motifs is 3. The highest BCUT2D eigenvalue weighted by Crippen LogP contribution is 2.34. The molecule has 0 aliphatic carbocycles. The molecule has 0 radical (unpaired) electrons. The molecule has 4 heteroatoms. The summed E-state index contributed by atoms with van der Waals surface area (Å²) in [4.78, 5) is 19.6. The number of nitrogens with one attached hydrogen (secondary N) is 1. The molecule has 2 bridgehead atoms. The Morgan fingerprint density at radius 2 is 1.96 bits per heavy atom. The van der Waals surface area contributed by atoms with Gasteiger partial charge >= 0.3 is 0 Å². The van der Waals surface area contributed by atoms with Gasteiger partial charge in [0.15, 0.2) is 0 Å². The Labute approximate surface area is 161 Å². The molecule has 140 valence electrons. The second kappa shape index (κ2) is 8.05. The number of nitrogens with zero attached hydrogens (tertiary/aromatic N) is 2. The first kappa shape index (κ1) is 17.9. The maximum absolute atomic E-state index is 12.8. The molecule has 2 aromatic rings. The smallest absolute Gasteiger partial charge is 0.244 e. The number of benzene rings is 1. The van der Waals surface area contributed by atoms with Gasteiger partial charge in [-0.2, -0.15) is 0 Å². The van der Waals surface area contributed by atoms with Crippen molar-refractivity contribution >= 4 is 11.5 Å². The van der Waals surface area contributed by atoms with Gasteiger partial charge < -0.3 is 5.32 Å². The number of carbonyl (C=O) groups excluding carboxylic acids is 1. The van der Waals surface area contributed by atoms with Crippen LogP contribution in [0.2, 0.25) is 0 Å². The molecule has 3 fully saturated rings. The van der Waals surface area contributed by atoms with Crippen molar-refractivity contribution in [2.45, 2.75) is 38.3 Å². The Hall–Kier alpha value is -2.46. The Morgan fingerprint density at radius 3 is 2.67 bits per heavy atom. The topological polar surface area (TPSA) is 45.2 Å². The van der Waals surface area contributed by atoms with Gasteiger partial charge in [-0.05, 0) is 68.0 Å². The van der Waals surface area contributed by atoms with Crippen molar-refractivity contribution < 1.29 is 4.79 Å². The molecule has 4 heterocycles. The van der Waals surface area contributed by atoms with Crippen LogP contribution in [0.15, 0.2) is 60.9 Å². The molecule has 2 unspecified atom stereocenters. The Kier molecular flexibility index (Phi) is 5.35. The van der Waals surface area contributed by atoms with E-state index in [9.17, 15) is 4.79 Å². The van der Waals surface area contributed by atoms with Gasteiger partial charge in [0, 0.05) is 30.6 Å². The number of hydrogen-bond acceptors (Lipinski definition) is 3. The Bertz CT molecular complexity index is 795. The van der Waals surface area contributed by atoms with Crippen LogP contribution in [0.3, 0.4) is 0 Å². The number of hydrogen-bond donors (Lipinski definition) is 1. The van der Waals surface area contributed by atoms with Crippen molar-refractivity contribution in [2.75, 3.05) is 13.1 Å².